The van der Waals surface area contributed by atoms with E-state index in [2.05, 4.69) is 10.1 Å². The Kier molecular flexibility index (Phi) is 5.57. The standard InChI is InChI=1S/C13H15F3N2O3/c1-3-21-11(19)8-18(2)12(20)17-10-6-4-5-9(7-10)13(14,15)16/h4-7H,3,8H2,1-2H3,(H,17,20). The molecule has 0 aliphatic carbocycles. The SMILES string of the molecule is CCOC(=O)CN(C)C(=O)Nc1cccc(C(F)(F)F)c1. The number of ether oxygens (including phenoxy) is 1. The van der Waals surface area contributed by atoms with Crippen LogP contribution in [0.25, 0.3) is 0 Å². The third kappa shape index (κ3) is 5.33. The molecule has 0 atom stereocenters. The highest BCUT2D eigenvalue weighted by atomic mass is 19.4. The maximum Gasteiger partial charge on any atom is 0.416 e. The number of hydrogen-bond donors (Lipinski definition) is 1. The second-order valence-electron chi connectivity index (χ2n) is 4.17. The highest BCUT2D eigenvalue weighted by molar-refractivity contribution is 5.91. The van der Waals surface area contributed by atoms with Gasteiger partial charge in [-0.15, -0.1) is 0 Å². The van der Waals surface area contributed by atoms with Crippen molar-refractivity contribution in [3.05, 3.63) is 29.8 Å². The lowest BCUT2D eigenvalue weighted by Gasteiger charge is -2.17. The molecule has 1 N–H and O–H groups in total. The lowest BCUT2D eigenvalue weighted by Crippen LogP contribution is -2.36. The summed E-state index contributed by atoms with van der Waals surface area (Å²) in [6.45, 7) is 1.52. The summed E-state index contributed by atoms with van der Waals surface area (Å²) in [5.74, 6) is -0.598. The fourth-order valence-corrected chi connectivity index (χ4v) is 1.46. The van der Waals surface area contributed by atoms with E-state index >= 15 is 0 Å². The van der Waals surface area contributed by atoms with Crippen LogP contribution < -0.4 is 5.32 Å². The fourth-order valence-electron chi connectivity index (χ4n) is 1.46. The van der Waals surface area contributed by atoms with Crippen molar-refractivity contribution in [2.45, 2.75) is 13.1 Å². The third-order valence-corrected chi connectivity index (χ3v) is 2.46. The number of urea groups is 1. The maximum absolute atomic E-state index is 12.5. The van der Waals surface area contributed by atoms with E-state index in [9.17, 15) is 22.8 Å². The van der Waals surface area contributed by atoms with E-state index in [-0.39, 0.29) is 18.8 Å². The number of anilines is 1. The molecule has 0 aromatic heterocycles. The molecule has 0 fully saturated rings. The van der Waals surface area contributed by atoms with Crippen molar-refractivity contribution in [1.82, 2.24) is 4.90 Å². The number of benzene rings is 1. The summed E-state index contributed by atoms with van der Waals surface area (Å²) < 4.78 is 42.3. The first kappa shape index (κ1) is 16.8. The van der Waals surface area contributed by atoms with Gasteiger partial charge < -0.3 is 15.0 Å². The number of hydrogen-bond acceptors (Lipinski definition) is 3. The average Bonchev–Trinajstić information content (AvgIpc) is 2.38. The summed E-state index contributed by atoms with van der Waals surface area (Å²) in [5.41, 5.74) is -0.876. The zero-order valence-corrected chi connectivity index (χ0v) is 11.5. The Balaban J connectivity index is 2.68. The topological polar surface area (TPSA) is 58.6 Å². The second kappa shape index (κ2) is 6.96. The van der Waals surface area contributed by atoms with E-state index in [1.807, 2.05) is 0 Å². The van der Waals surface area contributed by atoms with Crippen molar-refractivity contribution < 1.29 is 27.5 Å². The first-order chi connectivity index (χ1) is 9.74. The number of rotatable bonds is 4. The molecule has 5 nitrogen and oxygen atoms in total. The van der Waals surface area contributed by atoms with Crippen molar-refractivity contribution >= 4 is 17.7 Å². The van der Waals surface area contributed by atoms with E-state index < -0.39 is 23.7 Å². The van der Waals surface area contributed by atoms with E-state index in [1.54, 1.807) is 6.92 Å². The number of halogens is 3. The quantitative estimate of drug-likeness (QED) is 0.870. The van der Waals surface area contributed by atoms with Crippen LogP contribution in [0.5, 0.6) is 0 Å². The highest BCUT2D eigenvalue weighted by Gasteiger charge is 2.30. The van der Waals surface area contributed by atoms with Gasteiger partial charge >= 0.3 is 18.2 Å². The summed E-state index contributed by atoms with van der Waals surface area (Å²) in [4.78, 5) is 24.0. The average molecular weight is 304 g/mol. The molecule has 0 heterocycles. The monoisotopic (exact) mass is 304 g/mol. The molecule has 0 spiro atoms. The second-order valence-corrected chi connectivity index (χ2v) is 4.17. The van der Waals surface area contributed by atoms with Gasteiger partial charge in [0, 0.05) is 12.7 Å². The first-order valence-electron chi connectivity index (χ1n) is 6.09. The molecule has 0 saturated carbocycles. The molecule has 0 aliphatic heterocycles. The Morgan fingerprint density at radius 1 is 1.33 bits per heavy atom. The summed E-state index contributed by atoms with van der Waals surface area (Å²) in [6.07, 6.45) is -4.49. The minimum absolute atomic E-state index is 0.00876. The summed E-state index contributed by atoms with van der Waals surface area (Å²) in [6, 6.07) is 3.52. The number of alkyl halides is 3. The molecule has 0 unspecified atom stereocenters. The smallest absolute Gasteiger partial charge is 0.416 e. The lowest BCUT2D eigenvalue weighted by atomic mass is 10.2. The van der Waals surface area contributed by atoms with Crippen molar-refractivity contribution in [2.24, 2.45) is 0 Å². The zero-order valence-electron chi connectivity index (χ0n) is 11.5. The van der Waals surface area contributed by atoms with Crippen LogP contribution in [0.4, 0.5) is 23.7 Å². The summed E-state index contributed by atoms with van der Waals surface area (Å²) in [7, 11) is 1.33. The van der Waals surface area contributed by atoms with Gasteiger partial charge in [-0.05, 0) is 25.1 Å². The third-order valence-electron chi connectivity index (χ3n) is 2.46. The predicted octanol–water partition coefficient (Wildman–Crippen LogP) is 2.73. The minimum atomic E-state index is -4.49. The Labute approximate surface area is 119 Å². The predicted molar refractivity (Wildman–Crippen MR) is 69.7 cm³/mol. The van der Waals surface area contributed by atoms with Crippen molar-refractivity contribution in [3.8, 4) is 0 Å². The van der Waals surface area contributed by atoms with Crippen LogP contribution in [0.2, 0.25) is 0 Å². The van der Waals surface area contributed by atoms with Gasteiger partial charge in [0.1, 0.15) is 6.54 Å². The Morgan fingerprint density at radius 2 is 2.00 bits per heavy atom. The van der Waals surface area contributed by atoms with Crippen LogP contribution in [0, 0.1) is 0 Å². The van der Waals surface area contributed by atoms with Crippen LogP contribution in [0.3, 0.4) is 0 Å². The Morgan fingerprint density at radius 3 is 2.57 bits per heavy atom. The van der Waals surface area contributed by atoms with E-state index in [4.69, 9.17) is 0 Å². The molecule has 0 radical (unpaired) electrons. The number of carbonyl (C=O) groups excluding carboxylic acids is 2. The Bertz CT molecular complexity index is 518. The molecule has 1 aromatic carbocycles. The van der Waals surface area contributed by atoms with Gasteiger partial charge in [-0.25, -0.2) is 4.79 Å². The largest absolute Gasteiger partial charge is 0.465 e. The number of esters is 1. The molecule has 21 heavy (non-hydrogen) atoms. The molecule has 1 rings (SSSR count). The number of likely N-dealkylation sites (N-methyl/N-ethyl adjacent to an activating group) is 1. The van der Waals surface area contributed by atoms with Crippen molar-refractivity contribution in [1.29, 1.82) is 0 Å². The molecule has 116 valence electrons. The van der Waals surface area contributed by atoms with Gasteiger partial charge in [-0.3, -0.25) is 4.79 Å². The fraction of sp³-hybridized carbons (Fsp3) is 0.385. The van der Waals surface area contributed by atoms with Crippen molar-refractivity contribution in [2.75, 3.05) is 25.5 Å². The van der Waals surface area contributed by atoms with E-state index in [1.165, 1.54) is 19.2 Å². The number of nitrogens with zero attached hydrogens (tertiary/aromatic N) is 1. The summed E-state index contributed by atoms with van der Waals surface area (Å²) >= 11 is 0. The van der Waals surface area contributed by atoms with Gasteiger partial charge in [0.2, 0.25) is 0 Å². The van der Waals surface area contributed by atoms with Crippen LogP contribution in [0.1, 0.15) is 12.5 Å². The number of nitrogens with one attached hydrogen (secondary N) is 1. The van der Waals surface area contributed by atoms with Crippen molar-refractivity contribution in [3.63, 3.8) is 0 Å². The zero-order chi connectivity index (χ0) is 16.0. The molecule has 0 saturated heterocycles. The lowest BCUT2D eigenvalue weighted by molar-refractivity contribution is -0.143. The van der Waals surface area contributed by atoms with Gasteiger partial charge in [-0.2, -0.15) is 13.2 Å². The highest BCUT2D eigenvalue weighted by Crippen LogP contribution is 2.30. The summed E-state index contributed by atoms with van der Waals surface area (Å²) in [5, 5.41) is 2.28. The number of amides is 2. The molecule has 8 heteroatoms. The van der Waals surface area contributed by atoms with Crippen LogP contribution in [-0.4, -0.2) is 37.1 Å². The minimum Gasteiger partial charge on any atom is -0.465 e. The van der Waals surface area contributed by atoms with Gasteiger partial charge in [0.05, 0.1) is 12.2 Å². The van der Waals surface area contributed by atoms with Crippen LogP contribution in [0.15, 0.2) is 24.3 Å². The number of carbonyl (C=O) groups is 2. The van der Waals surface area contributed by atoms with Crippen LogP contribution in [-0.2, 0) is 15.7 Å². The molecule has 0 bridgehead atoms. The van der Waals surface area contributed by atoms with Gasteiger partial charge in [-0.1, -0.05) is 6.07 Å². The maximum atomic E-state index is 12.5. The van der Waals surface area contributed by atoms with Crippen LogP contribution >= 0.6 is 0 Å². The van der Waals surface area contributed by atoms with E-state index in [0.29, 0.717) is 0 Å². The first-order valence-corrected chi connectivity index (χ1v) is 6.09. The molecular weight excluding hydrogens is 289 g/mol. The van der Waals surface area contributed by atoms with Gasteiger partial charge in [0.15, 0.2) is 0 Å². The van der Waals surface area contributed by atoms with E-state index in [0.717, 1.165) is 17.0 Å². The van der Waals surface area contributed by atoms with Gasteiger partial charge in [0.25, 0.3) is 0 Å². The molecule has 2 amide bonds. The molecular formula is C13H15F3N2O3. The molecule has 1 aromatic rings. The molecule has 0 aliphatic rings. The Hall–Kier alpha value is -2.25. The normalized spacial score (nSPS) is 10.9.